The van der Waals surface area contributed by atoms with Crippen molar-refractivity contribution in [3.05, 3.63) is 54.6 Å². The van der Waals surface area contributed by atoms with Crippen LogP contribution in [0.2, 0.25) is 0 Å². The van der Waals surface area contributed by atoms with E-state index in [2.05, 4.69) is 38.0 Å². The Morgan fingerprint density at radius 1 is 1.00 bits per heavy atom. The molecule has 3 N–H and O–H groups in total. The number of fused-ring (bicyclic) bond motifs is 1. The number of hydrogen-bond acceptors (Lipinski definition) is 8. The zero-order valence-electron chi connectivity index (χ0n) is 14.6. The Bertz CT molecular complexity index is 1350. The van der Waals surface area contributed by atoms with Crippen LogP contribution in [0, 0.1) is 0 Å². The van der Waals surface area contributed by atoms with Gasteiger partial charge < -0.3 is 10.1 Å². The summed E-state index contributed by atoms with van der Waals surface area (Å²) < 4.78 is 32.7. The van der Waals surface area contributed by atoms with Gasteiger partial charge in [0.1, 0.15) is 10.6 Å². The summed E-state index contributed by atoms with van der Waals surface area (Å²) in [6.07, 6.45) is 0. The molecule has 1 heterocycles. The molecule has 4 rings (SSSR count). The van der Waals surface area contributed by atoms with Crippen LogP contribution in [0.4, 0.5) is 11.6 Å². The molecule has 0 fully saturated rings. The number of hydrogen-bond donors (Lipinski definition) is 4. The van der Waals surface area contributed by atoms with Gasteiger partial charge in [-0.3, -0.25) is 4.55 Å². The maximum Gasteiger partial charge on any atom is 0.298 e. The molecule has 1 aromatic heterocycles. The van der Waals surface area contributed by atoms with Crippen molar-refractivity contribution in [2.75, 3.05) is 0 Å². The highest BCUT2D eigenvalue weighted by Crippen LogP contribution is 2.41. The third-order valence-electron chi connectivity index (χ3n) is 4.08. The van der Waals surface area contributed by atoms with E-state index in [4.69, 9.17) is 0 Å². The Labute approximate surface area is 170 Å². The fourth-order valence-corrected chi connectivity index (χ4v) is 3.59. The average molecular weight is 427 g/mol. The molecule has 9 nitrogen and oxygen atoms in total. The molecule has 0 atom stereocenters. The van der Waals surface area contributed by atoms with Gasteiger partial charge in [0.2, 0.25) is 0 Å². The molecule has 29 heavy (non-hydrogen) atoms. The quantitative estimate of drug-likeness (QED) is 0.218. The third kappa shape index (κ3) is 3.83. The van der Waals surface area contributed by atoms with Crippen LogP contribution < -0.4 is 0 Å². The highest BCUT2D eigenvalue weighted by atomic mass is 32.2. The van der Waals surface area contributed by atoms with Crippen LogP contribution in [-0.2, 0) is 10.1 Å². The molecule has 0 aliphatic carbocycles. The first-order valence-electron chi connectivity index (χ1n) is 8.19. The van der Waals surface area contributed by atoms with Crippen LogP contribution in [0.3, 0.4) is 0 Å². The van der Waals surface area contributed by atoms with Crippen molar-refractivity contribution in [1.82, 2.24) is 15.2 Å². The fourth-order valence-electron chi connectivity index (χ4n) is 2.76. The van der Waals surface area contributed by atoms with Gasteiger partial charge in [0.05, 0.1) is 0 Å². The summed E-state index contributed by atoms with van der Waals surface area (Å²) in [7, 11) is -4.69. The zero-order valence-corrected chi connectivity index (χ0v) is 16.3. The molecule has 0 radical (unpaired) electrons. The van der Waals surface area contributed by atoms with Gasteiger partial charge in [-0.15, -0.1) is 33.1 Å². The van der Waals surface area contributed by atoms with Gasteiger partial charge in [-0.05, 0) is 23.6 Å². The van der Waals surface area contributed by atoms with E-state index in [0.717, 1.165) is 11.6 Å². The molecule has 0 amide bonds. The number of phenolic OH excluding ortho intramolecular Hbond substituents is 1. The van der Waals surface area contributed by atoms with Crippen LogP contribution in [-0.4, -0.2) is 33.3 Å². The maximum atomic E-state index is 11.6. The van der Waals surface area contributed by atoms with Crippen molar-refractivity contribution in [2.45, 2.75) is 9.79 Å². The smallest absolute Gasteiger partial charge is 0.298 e. The molecule has 4 aromatic rings. The standard InChI is InChI=1S/C18H13N5O4S2/c24-16-14(29(25,26)27)9-11-8-12(28)6-7-13(11)15(16)20-22-18-19-17(21-23-18)10-4-2-1-3-5-10/h1-9,24,28H,(H,19,21,23)(H,25,26,27). The normalized spacial score (nSPS) is 12.1. The number of thiol groups is 1. The van der Waals surface area contributed by atoms with Crippen LogP contribution in [0.1, 0.15) is 0 Å². The lowest BCUT2D eigenvalue weighted by atomic mass is 10.1. The molecule has 0 aliphatic heterocycles. The number of phenols is 1. The summed E-state index contributed by atoms with van der Waals surface area (Å²) >= 11 is 4.22. The second-order valence-corrected chi connectivity index (χ2v) is 7.92. The highest BCUT2D eigenvalue weighted by molar-refractivity contribution is 7.86. The van der Waals surface area contributed by atoms with E-state index < -0.39 is 20.8 Å². The maximum absolute atomic E-state index is 11.6. The van der Waals surface area contributed by atoms with Gasteiger partial charge in [-0.1, -0.05) is 36.4 Å². The number of H-pyrrole nitrogens is 1. The second-order valence-electron chi connectivity index (χ2n) is 6.02. The van der Waals surface area contributed by atoms with E-state index in [9.17, 15) is 18.1 Å². The molecule has 0 aliphatic rings. The first-order valence-corrected chi connectivity index (χ1v) is 10.1. The minimum Gasteiger partial charge on any atom is -0.504 e. The number of aromatic hydroxyl groups is 1. The molecular formula is C18H13N5O4S2. The van der Waals surface area contributed by atoms with Crippen molar-refractivity contribution in [2.24, 2.45) is 10.2 Å². The van der Waals surface area contributed by atoms with E-state index in [1.165, 1.54) is 0 Å². The Morgan fingerprint density at radius 3 is 2.48 bits per heavy atom. The van der Waals surface area contributed by atoms with Crippen molar-refractivity contribution in [3.63, 3.8) is 0 Å². The Morgan fingerprint density at radius 2 is 1.76 bits per heavy atom. The van der Waals surface area contributed by atoms with Gasteiger partial charge in [0, 0.05) is 15.8 Å². The summed E-state index contributed by atoms with van der Waals surface area (Å²) in [5.74, 6) is -0.196. The SMILES string of the molecule is O=S(=O)(O)c1cc2cc(S)ccc2c(N=Nc2nnc(-c3ccccc3)[nH]2)c1O. The van der Waals surface area contributed by atoms with E-state index in [-0.39, 0.29) is 11.6 Å². The van der Waals surface area contributed by atoms with Crippen LogP contribution in [0.15, 0.2) is 74.6 Å². The molecule has 146 valence electrons. The number of aromatic amines is 1. The number of nitrogens with one attached hydrogen (secondary N) is 1. The van der Waals surface area contributed by atoms with E-state index in [0.29, 0.717) is 21.5 Å². The van der Waals surface area contributed by atoms with Gasteiger partial charge >= 0.3 is 0 Å². The number of rotatable bonds is 4. The topological polar surface area (TPSA) is 141 Å². The summed E-state index contributed by atoms with van der Waals surface area (Å²) in [5.41, 5.74) is 0.658. The van der Waals surface area contributed by atoms with Crippen molar-refractivity contribution in [3.8, 4) is 17.1 Å². The van der Waals surface area contributed by atoms with Crippen LogP contribution in [0.25, 0.3) is 22.2 Å². The molecule has 0 unspecified atom stereocenters. The summed E-state index contributed by atoms with van der Waals surface area (Å²) in [6, 6.07) is 15.2. The van der Waals surface area contributed by atoms with E-state index in [1.54, 1.807) is 18.2 Å². The monoisotopic (exact) mass is 427 g/mol. The predicted octanol–water partition coefficient (Wildman–Crippen LogP) is 4.28. The van der Waals surface area contributed by atoms with Crippen molar-refractivity contribution < 1.29 is 18.1 Å². The minimum atomic E-state index is -4.69. The minimum absolute atomic E-state index is 0.0551. The largest absolute Gasteiger partial charge is 0.504 e. The third-order valence-corrected chi connectivity index (χ3v) is 5.22. The van der Waals surface area contributed by atoms with E-state index >= 15 is 0 Å². The lowest BCUT2D eigenvalue weighted by Crippen LogP contribution is -1.99. The summed E-state index contributed by atoms with van der Waals surface area (Å²) in [4.78, 5) is 2.76. The molecule has 3 aromatic carbocycles. The van der Waals surface area contributed by atoms with E-state index in [1.807, 2.05) is 30.3 Å². The lowest BCUT2D eigenvalue weighted by Gasteiger charge is -2.08. The first kappa shape index (κ1) is 19.1. The van der Waals surface area contributed by atoms with Crippen molar-refractivity contribution in [1.29, 1.82) is 0 Å². The Balaban J connectivity index is 1.82. The van der Waals surface area contributed by atoms with Gasteiger partial charge in [0.15, 0.2) is 11.6 Å². The average Bonchev–Trinajstić information content (AvgIpc) is 3.16. The molecule has 0 bridgehead atoms. The van der Waals surface area contributed by atoms with Gasteiger partial charge in [-0.25, -0.2) is 0 Å². The summed E-state index contributed by atoms with van der Waals surface area (Å²) in [5, 5.41) is 26.9. The first-order chi connectivity index (χ1) is 13.8. The lowest BCUT2D eigenvalue weighted by molar-refractivity contribution is 0.445. The second kappa shape index (κ2) is 7.28. The molecule has 0 saturated carbocycles. The van der Waals surface area contributed by atoms with Crippen LogP contribution >= 0.6 is 12.6 Å². The fraction of sp³-hybridized carbons (Fsp3) is 0. The molecule has 11 heteroatoms. The Hall–Kier alpha value is -3.28. The summed E-state index contributed by atoms with van der Waals surface area (Å²) in [6.45, 7) is 0. The molecular weight excluding hydrogens is 414 g/mol. The number of benzene rings is 3. The Kier molecular flexibility index (Phi) is 4.78. The number of nitrogens with zero attached hydrogens (tertiary/aromatic N) is 4. The molecule has 0 spiro atoms. The number of aromatic nitrogens is 3. The molecule has 0 saturated heterocycles. The van der Waals surface area contributed by atoms with Crippen molar-refractivity contribution >= 4 is 45.2 Å². The van der Waals surface area contributed by atoms with Crippen LogP contribution in [0.5, 0.6) is 5.75 Å². The number of azo groups is 1. The van der Waals surface area contributed by atoms with Gasteiger partial charge in [0.25, 0.3) is 16.1 Å². The highest BCUT2D eigenvalue weighted by Gasteiger charge is 2.21. The van der Waals surface area contributed by atoms with Gasteiger partial charge in [-0.2, -0.15) is 8.42 Å². The predicted molar refractivity (Wildman–Crippen MR) is 109 cm³/mol. The zero-order chi connectivity index (χ0) is 20.6.